The number of halogens is 1. The Balaban J connectivity index is -0.000000143. The molecule has 0 saturated heterocycles. The van der Waals surface area contributed by atoms with E-state index in [9.17, 15) is 9.59 Å². The SMILES string of the molecule is C=C(C)C(=O)O.Cl.NCCC(N)=O. The fourth-order valence-corrected chi connectivity index (χ4v) is 0.142. The van der Waals surface area contributed by atoms with Gasteiger partial charge < -0.3 is 16.6 Å². The van der Waals surface area contributed by atoms with Crippen LogP contribution in [0.15, 0.2) is 12.2 Å². The van der Waals surface area contributed by atoms with Gasteiger partial charge in [-0.3, -0.25) is 4.79 Å². The predicted octanol–water partition coefficient (Wildman–Crippen LogP) is -0.111. The quantitative estimate of drug-likeness (QED) is 0.565. The number of primary amides is 1. The van der Waals surface area contributed by atoms with E-state index in [0.717, 1.165) is 0 Å². The molecule has 0 aliphatic heterocycles. The van der Waals surface area contributed by atoms with Gasteiger partial charge in [-0.2, -0.15) is 0 Å². The fourth-order valence-electron chi connectivity index (χ4n) is 0.142. The van der Waals surface area contributed by atoms with Gasteiger partial charge in [0.1, 0.15) is 0 Å². The van der Waals surface area contributed by atoms with Gasteiger partial charge in [-0.1, -0.05) is 6.58 Å². The molecular formula is C7H15ClN2O3. The van der Waals surface area contributed by atoms with Crippen LogP contribution < -0.4 is 11.5 Å². The second-order valence-electron chi connectivity index (χ2n) is 2.09. The molecule has 0 bridgehead atoms. The maximum atomic E-state index is 9.74. The van der Waals surface area contributed by atoms with Crippen LogP contribution in [0.3, 0.4) is 0 Å². The maximum absolute atomic E-state index is 9.74. The van der Waals surface area contributed by atoms with Gasteiger partial charge in [0.15, 0.2) is 0 Å². The maximum Gasteiger partial charge on any atom is 0.330 e. The van der Waals surface area contributed by atoms with Crippen molar-refractivity contribution < 1.29 is 14.7 Å². The van der Waals surface area contributed by atoms with Crippen molar-refractivity contribution >= 4 is 24.3 Å². The minimum atomic E-state index is -0.935. The van der Waals surface area contributed by atoms with E-state index in [-0.39, 0.29) is 23.9 Å². The van der Waals surface area contributed by atoms with Crippen molar-refractivity contribution in [1.82, 2.24) is 0 Å². The van der Waals surface area contributed by atoms with E-state index in [2.05, 4.69) is 12.3 Å². The number of carboxylic acid groups (broad SMARTS) is 1. The third-order valence-electron chi connectivity index (χ3n) is 0.756. The zero-order valence-corrected chi connectivity index (χ0v) is 8.26. The first-order chi connectivity index (χ1) is 5.41. The summed E-state index contributed by atoms with van der Waals surface area (Å²) in [5.41, 5.74) is 9.79. The highest BCUT2D eigenvalue weighted by atomic mass is 35.5. The van der Waals surface area contributed by atoms with E-state index in [1.807, 2.05) is 0 Å². The second-order valence-corrected chi connectivity index (χ2v) is 2.09. The van der Waals surface area contributed by atoms with Gasteiger partial charge >= 0.3 is 5.97 Å². The van der Waals surface area contributed by atoms with Gasteiger partial charge in [0, 0.05) is 18.5 Å². The van der Waals surface area contributed by atoms with Crippen LogP contribution in [0.2, 0.25) is 0 Å². The average molecular weight is 211 g/mol. The number of carbonyl (C=O) groups excluding carboxylic acids is 1. The van der Waals surface area contributed by atoms with E-state index in [0.29, 0.717) is 13.0 Å². The lowest BCUT2D eigenvalue weighted by molar-refractivity contribution is -0.132. The topological polar surface area (TPSA) is 106 Å². The molecule has 0 fully saturated rings. The molecule has 1 amide bonds. The number of nitrogens with two attached hydrogens (primary N) is 2. The first kappa shape index (κ1) is 17.9. The number of amides is 1. The van der Waals surface area contributed by atoms with Crippen LogP contribution in [0.1, 0.15) is 13.3 Å². The summed E-state index contributed by atoms with van der Waals surface area (Å²) in [6.45, 7) is 4.96. The van der Waals surface area contributed by atoms with E-state index < -0.39 is 5.97 Å². The van der Waals surface area contributed by atoms with Crippen molar-refractivity contribution in [3.63, 3.8) is 0 Å². The zero-order valence-electron chi connectivity index (χ0n) is 7.45. The van der Waals surface area contributed by atoms with E-state index in [1.165, 1.54) is 6.92 Å². The third-order valence-corrected chi connectivity index (χ3v) is 0.756. The Morgan fingerprint density at radius 1 is 1.46 bits per heavy atom. The van der Waals surface area contributed by atoms with Gasteiger partial charge in [-0.05, 0) is 6.92 Å². The van der Waals surface area contributed by atoms with Gasteiger partial charge in [0.2, 0.25) is 5.91 Å². The second kappa shape index (κ2) is 10.9. The summed E-state index contributed by atoms with van der Waals surface area (Å²) in [7, 11) is 0. The molecule has 0 aliphatic rings. The summed E-state index contributed by atoms with van der Waals surface area (Å²) >= 11 is 0. The summed E-state index contributed by atoms with van der Waals surface area (Å²) in [4.78, 5) is 19.3. The smallest absolute Gasteiger partial charge is 0.330 e. The van der Waals surface area contributed by atoms with Crippen LogP contribution in [0.5, 0.6) is 0 Å². The Bertz CT molecular complexity index is 171. The molecule has 78 valence electrons. The molecule has 0 aliphatic carbocycles. The first-order valence-corrected chi connectivity index (χ1v) is 3.29. The Morgan fingerprint density at radius 2 is 1.77 bits per heavy atom. The van der Waals surface area contributed by atoms with Crippen LogP contribution in [0.25, 0.3) is 0 Å². The Hall–Kier alpha value is -1.07. The summed E-state index contributed by atoms with van der Waals surface area (Å²) in [5.74, 6) is -1.27. The van der Waals surface area contributed by atoms with Crippen molar-refractivity contribution in [2.75, 3.05) is 6.54 Å². The number of carbonyl (C=O) groups is 2. The number of hydrogen-bond acceptors (Lipinski definition) is 3. The minimum Gasteiger partial charge on any atom is -0.478 e. The third kappa shape index (κ3) is 24.8. The summed E-state index contributed by atoms with van der Waals surface area (Å²) in [6.07, 6.45) is 0.292. The lowest BCUT2D eigenvalue weighted by Gasteiger charge is -1.82. The van der Waals surface area contributed by atoms with Crippen molar-refractivity contribution in [3.8, 4) is 0 Å². The van der Waals surface area contributed by atoms with Crippen LogP contribution in [0.4, 0.5) is 0 Å². The minimum absolute atomic E-state index is 0. The Kier molecular flexibility index (Phi) is 15.0. The first-order valence-electron chi connectivity index (χ1n) is 3.29. The lowest BCUT2D eigenvalue weighted by atomic mass is 10.4. The van der Waals surface area contributed by atoms with Crippen LogP contribution in [-0.4, -0.2) is 23.5 Å². The molecule has 5 nitrogen and oxygen atoms in total. The van der Waals surface area contributed by atoms with E-state index in [4.69, 9.17) is 10.8 Å². The van der Waals surface area contributed by atoms with Crippen molar-refractivity contribution in [3.05, 3.63) is 12.2 Å². The molecule has 13 heavy (non-hydrogen) atoms. The van der Waals surface area contributed by atoms with E-state index >= 15 is 0 Å². The fraction of sp³-hybridized carbons (Fsp3) is 0.429. The molecule has 0 aromatic carbocycles. The molecule has 0 heterocycles. The molecule has 0 rings (SSSR count). The molecular weight excluding hydrogens is 196 g/mol. The van der Waals surface area contributed by atoms with Gasteiger partial charge in [0.25, 0.3) is 0 Å². The summed E-state index contributed by atoms with van der Waals surface area (Å²) < 4.78 is 0. The zero-order chi connectivity index (χ0) is 10.1. The molecule has 0 unspecified atom stereocenters. The van der Waals surface area contributed by atoms with Crippen molar-refractivity contribution in [2.24, 2.45) is 11.5 Å². The average Bonchev–Trinajstić information content (AvgIpc) is 1.87. The Morgan fingerprint density at radius 3 is 1.77 bits per heavy atom. The number of hydrogen-bond donors (Lipinski definition) is 3. The normalized spacial score (nSPS) is 7.23. The standard InChI is InChI=1S/C4H6O2.C3H8N2O.ClH/c1-3(2)4(5)6;4-2-1-3(5)6;/h1H2,2H3,(H,5,6);1-2,4H2,(H2,5,6);1H. The van der Waals surface area contributed by atoms with Gasteiger partial charge in [0.05, 0.1) is 0 Å². The monoisotopic (exact) mass is 210 g/mol. The molecule has 0 aromatic rings. The molecule has 6 heteroatoms. The van der Waals surface area contributed by atoms with Crippen molar-refractivity contribution in [1.29, 1.82) is 0 Å². The number of aliphatic carboxylic acids is 1. The molecule has 0 radical (unpaired) electrons. The molecule has 0 spiro atoms. The largest absolute Gasteiger partial charge is 0.478 e. The van der Waals surface area contributed by atoms with Crippen LogP contribution >= 0.6 is 12.4 Å². The van der Waals surface area contributed by atoms with Gasteiger partial charge in [-0.15, -0.1) is 12.4 Å². The van der Waals surface area contributed by atoms with Crippen LogP contribution in [-0.2, 0) is 9.59 Å². The number of rotatable bonds is 3. The summed E-state index contributed by atoms with van der Waals surface area (Å²) in [6, 6.07) is 0. The summed E-state index contributed by atoms with van der Waals surface area (Å²) in [5, 5.41) is 7.89. The number of carboxylic acids is 1. The highest BCUT2D eigenvalue weighted by Gasteiger charge is 1.90. The Labute approximate surface area is 83.2 Å². The highest BCUT2D eigenvalue weighted by Crippen LogP contribution is 1.81. The molecule has 0 saturated carbocycles. The predicted molar refractivity (Wildman–Crippen MR) is 52.6 cm³/mol. The molecule has 5 N–H and O–H groups in total. The highest BCUT2D eigenvalue weighted by molar-refractivity contribution is 5.85. The molecule has 0 aromatic heterocycles. The van der Waals surface area contributed by atoms with Gasteiger partial charge in [-0.25, -0.2) is 4.79 Å². The molecule has 0 atom stereocenters. The van der Waals surface area contributed by atoms with Crippen molar-refractivity contribution in [2.45, 2.75) is 13.3 Å². The lowest BCUT2D eigenvalue weighted by Crippen LogP contribution is -2.15. The van der Waals surface area contributed by atoms with E-state index in [1.54, 1.807) is 0 Å². The van der Waals surface area contributed by atoms with Crippen LogP contribution in [0, 0.1) is 0 Å².